The maximum absolute atomic E-state index is 12.0. The largest absolute Gasteiger partial charge is 0.359 e. The van der Waals surface area contributed by atoms with Crippen LogP contribution in [0, 0.1) is 0 Å². The Morgan fingerprint density at radius 2 is 1.88 bits per heavy atom. The molecule has 0 aliphatic heterocycles. The quantitative estimate of drug-likeness (QED) is 0.363. The molecule has 3 N–H and O–H groups in total. The Labute approximate surface area is 161 Å². The molecule has 0 spiro atoms. The fraction of sp³-hybridized carbons (Fsp3) is 0.389. The van der Waals surface area contributed by atoms with Gasteiger partial charge in [-0.05, 0) is 30.2 Å². The molecule has 1 aromatic carbocycles. The van der Waals surface area contributed by atoms with Crippen LogP contribution >= 0.6 is 15.9 Å². The first-order valence-electron chi connectivity index (χ1n) is 8.43. The highest BCUT2D eigenvalue weighted by Gasteiger charge is 2.08. The second-order valence-electron chi connectivity index (χ2n) is 5.99. The fourth-order valence-corrected chi connectivity index (χ4v) is 2.40. The highest BCUT2D eigenvalue weighted by molar-refractivity contribution is 9.10. The van der Waals surface area contributed by atoms with Crippen LogP contribution in [0.15, 0.2) is 44.3 Å². The van der Waals surface area contributed by atoms with Crippen LogP contribution < -0.4 is 16.0 Å². The number of aromatic nitrogens is 1. The maximum Gasteiger partial charge on any atom is 0.251 e. The third-order valence-electron chi connectivity index (χ3n) is 3.63. The van der Waals surface area contributed by atoms with Gasteiger partial charge in [0.1, 0.15) is 0 Å². The van der Waals surface area contributed by atoms with Gasteiger partial charge in [-0.2, -0.15) is 0 Å². The number of carbonyl (C=O) groups excluding carboxylic acids is 1. The molecule has 0 saturated heterocycles. The van der Waals surface area contributed by atoms with E-state index in [2.05, 4.69) is 55.9 Å². The topological polar surface area (TPSA) is 91.5 Å². The highest BCUT2D eigenvalue weighted by atomic mass is 79.9. The molecule has 0 saturated carbocycles. The zero-order valence-corrected chi connectivity index (χ0v) is 16.8. The molecule has 0 aliphatic carbocycles. The first kappa shape index (κ1) is 20.0. The Bertz CT molecular complexity index is 740. The molecule has 0 aliphatic rings. The van der Waals surface area contributed by atoms with E-state index in [1.165, 1.54) is 0 Å². The Hall–Kier alpha value is -2.35. The monoisotopic (exact) mass is 421 g/mol. The summed E-state index contributed by atoms with van der Waals surface area (Å²) in [6, 6.07) is 9.16. The average molecular weight is 422 g/mol. The first-order chi connectivity index (χ1) is 12.5. The van der Waals surface area contributed by atoms with Crippen LogP contribution in [0.2, 0.25) is 0 Å². The molecule has 26 heavy (non-hydrogen) atoms. The lowest BCUT2D eigenvalue weighted by molar-refractivity contribution is 0.0954. The summed E-state index contributed by atoms with van der Waals surface area (Å²) in [6.07, 6.45) is 0. The molecule has 7 nitrogen and oxygen atoms in total. The van der Waals surface area contributed by atoms with Crippen molar-refractivity contribution in [1.82, 2.24) is 21.1 Å². The summed E-state index contributed by atoms with van der Waals surface area (Å²) < 4.78 is 6.22. The molecule has 1 aromatic heterocycles. The predicted octanol–water partition coefficient (Wildman–Crippen LogP) is 2.66. The van der Waals surface area contributed by atoms with Crippen molar-refractivity contribution in [2.45, 2.75) is 26.3 Å². The molecular formula is C18H24BrN5O2. The van der Waals surface area contributed by atoms with Gasteiger partial charge in [0.15, 0.2) is 11.7 Å². The number of hydrogen-bond acceptors (Lipinski definition) is 4. The third-order valence-corrected chi connectivity index (χ3v) is 4.16. The summed E-state index contributed by atoms with van der Waals surface area (Å²) in [4.78, 5) is 16.2. The SMILES string of the molecule is CN=C(NCCNC(=O)c1ccc(Br)cc1)NCc1cc(C(C)C)no1. The normalized spacial score (nSPS) is 11.5. The van der Waals surface area contributed by atoms with Gasteiger partial charge in [0, 0.05) is 36.2 Å². The smallest absolute Gasteiger partial charge is 0.251 e. The van der Waals surface area contributed by atoms with Crippen molar-refractivity contribution in [1.29, 1.82) is 0 Å². The van der Waals surface area contributed by atoms with Gasteiger partial charge < -0.3 is 20.5 Å². The van der Waals surface area contributed by atoms with E-state index in [0.717, 1.165) is 15.9 Å². The van der Waals surface area contributed by atoms with E-state index in [4.69, 9.17) is 4.52 Å². The number of guanidine groups is 1. The number of rotatable bonds is 7. The van der Waals surface area contributed by atoms with E-state index in [-0.39, 0.29) is 5.91 Å². The molecule has 0 radical (unpaired) electrons. The minimum atomic E-state index is -0.106. The van der Waals surface area contributed by atoms with Crippen molar-refractivity contribution in [2.75, 3.05) is 20.1 Å². The van der Waals surface area contributed by atoms with Crippen molar-refractivity contribution < 1.29 is 9.32 Å². The molecule has 0 bridgehead atoms. The Morgan fingerprint density at radius 3 is 2.50 bits per heavy atom. The van der Waals surface area contributed by atoms with Crippen LogP contribution in [-0.4, -0.2) is 37.2 Å². The number of hydrogen-bond donors (Lipinski definition) is 3. The first-order valence-corrected chi connectivity index (χ1v) is 9.22. The van der Waals surface area contributed by atoms with Gasteiger partial charge >= 0.3 is 0 Å². The molecule has 2 aromatic rings. The second kappa shape index (κ2) is 9.96. The van der Waals surface area contributed by atoms with Crippen molar-refractivity contribution in [2.24, 2.45) is 4.99 Å². The Balaban J connectivity index is 1.69. The zero-order valence-electron chi connectivity index (χ0n) is 15.2. The van der Waals surface area contributed by atoms with Crippen LogP contribution in [0.4, 0.5) is 0 Å². The number of carbonyl (C=O) groups is 1. The Kier molecular flexibility index (Phi) is 7.65. The molecule has 1 amide bonds. The minimum Gasteiger partial charge on any atom is -0.359 e. The number of nitrogens with one attached hydrogen (secondary N) is 3. The lowest BCUT2D eigenvalue weighted by Crippen LogP contribution is -2.41. The van der Waals surface area contributed by atoms with Gasteiger partial charge in [0.25, 0.3) is 5.91 Å². The summed E-state index contributed by atoms with van der Waals surface area (Å²) in [5.74, 6) is 1.61. The van der Waals surface area contributed by atoms with Gasteiger partial charge in [-0.15, -0.1) is 0 Å². The van der Waals surface area contributed by atoms with Crippen LogP contribution in [0.5, 0.6) is 0 Å². The Morgan fingerprint density at radius 1 is 1.19 bits per heavy atom. The standard InChI is InChI=1S/C18H24BrN5O2/c1-12(2)16-10-15(26-24-16)11-23-18(20-3)22-9-8-21-17(25)13-4-6-14(19)7-5-13/h4-7,10,12H,8-9,11H2,1-3H3,(H,21,25)(H2,20,22,23). The van der Waals surface area contributed by atoms with E-state index < -0.39 is 0 Å². The number of benzene rings is 1. The lowest BCUT2D eigenvalue weighted by Gasteiger charge is -2.11. The van der Waals surface area contributed by atoms with Crippen molar-refractivity contribution in [3.05, 3.63) is 51.8 Å². The predicted molar refractivity (Wildman–Crippen MR) is 105 cm³/mol. The zero-order chi connectivity index (χ0) is 18.9. The van der Waals surface area contributed by atoms with E-state index >= 15 is 0 Å². The van der Waals surface area contributed by atoms with Crippen molar-refractivity contribution >= 4 is 27.8 Å². The van der Waals surface area contributed by atoms with Gasteiger partial charge in [0.05, 0.1) is 12.2 Å². The number of amides is 1. The van der Waals surface area contributed by atoms with E-state index in [1.54, 1.807) is 19.2 Å². The third kappa shape index (κ3) is 6.18. The molecule has 140 valence electrons. The summed E-state index contributed by atoms with van der Waals surface area (Å²) >= 11 is 3.35. The van der Waals surface area contributed by atoms with Crippen LogP contribution in [0.25, 0.3) is 0 Å². The number of nitrogens with zero attached hydrogens (tertiary/aromatic N) is 2. The molecule has 0 unspecified atom stereocenters. The second-order valence-corrected chi connectivity index (χ2v) is 6.90. The average Bonchev–Trinajstić information content (AvgIpc) is 3.11. The summed E-state index contributed by atoms with van der Waals surface area (Å²) in [5, 5.41) is 13.2. The summed E-state index contributed by atoms with van der Waals surface area (Å²) in [5.41, 5.74) is 1.56. The van der Waals surface area contributed by atoms with Gasteiger partial charge in [-0.25, -0.2) is 0 Å². The van der Waals surface area contributed by atoms with E-state index in [1.807, 2.05) is 18.2 Å². The van der Waals surface area contributed by atoms with Gasteiger partial charge in [-0.1, -0.05) is 34.9 Å². The van der Waals surface area contributed by atoms with Crippen LogP contribution in [-0.2, 0) is 6.54 Å². The molecule has 8 heteroatoms. The van der Waals surface area contributed by atoms with Crippen LogP contribution in [0.3, 0.4) is 0 Å². The lowest BCUT2D eigenvalue weighted by atomic mass is 10.1. The maximum atomic E-state index is 12.0. The number of halogens is 1. The van der Waals surface area contributed by atoms with Crippen LogP contribution in [0.1, 0.15) is 41.6 Å². The van der Waals surface area contributed by atoms with Crippen molar-refractivity contribution in [3.8, 4) is 0 Å². The molecule has 2 rings (SSSR count). The summed E-state index contributed by atoms with van der Waals surface area (Å²) in [6.45, 7) is 5.66. The summed E-state index contributed by atoms with van der Waals surface area (Å²) in [7, 11) is 1.69. The van der Waals surface area contributed by atoms with E-state index in [0.29, 0.717) is 37.1 Å². The molecular weight excluding hydrogens is 398 g/mol. The minimum absolute atomic E-state index is 0.106. The fourth-order valence-electron chi connectivity index (χ4n) is 2.14. The van der Waals surface area contributed by atoms with Crippen molar-refractivity contribution in [3.63, 3.8) is 0 Å². The van der Waals surface area contributed by atoms with Gasteiger partial charge in [-0.3, -0.25) is 9.79 Å². The van der Waals surface area contributed by atoms with Gasteiger partial charge in [0.2, 0.25) is 0 Å². The number of aliphatic imine (C=N–C) groups is 1. The molecule has 1 heterocycles. The molecule has 0 fully saturated rings. The highest BCUT2D eigenvalue weighted by Crippen LogP contribution is 2.13. The molecule has 0 atom stereocenters. The van der Waals surface area contributed by atoms with E-state index in [9.17, 15) is 4.79 Å².